The van der Waals surface area contributed by atoms with Crippen LogP contribution in [0.15, 0.2) is 89.8 Å². The Morgan fingerprint density at radius 2 is 1.56 bits per heavy atom. The van der Waals surface area contributed by atoms with Crippen molar-refractivity contribution in [2.45, 2.75) is 10.9 Å². The fourth-order valence-electron chi connectivity index (χ4n) is 3.51. The molecule has 0 aromatic heterocycles. The predicted octanol–water partition coefficient (Wildman–Crippen LogP) is 5.17. The first-order valence-electron chi connectivity index (χ1n) is 9.49. The van der Waals surface area contributed by atoms with E-state index < -0.39 is 21.0 Å². The van der Waals surface area contributed by atoms with E-state index in [1.54, 1.807) is 42.5 Å². The Bertz CT molecular complexity index is 1410. The normalized spacial score (nSPS) is 12.5. The number of nitrogens with one attached hydrogen (secondary N) is 1. The minimum atomic E-state index is -4.11. The first kappa shape index (κ1) is 21.8. The molecule has 0 amide bonds. The van der Waals surface area contributed by atoms with E-state index in [9.17, 15) is 23.6 Å². The van der Waals surface area contributed by atoms with Crippen molar-refractivity contribution >= 4 is 38.1 Å². The molecule has 1 atom stereocenters. The Balaban J connectivity index is 1.86. The second-order valence-electron chi connectivity index (χ2n) is 7.08. The number of rotatable bonds is 6. The summed E-state index contributed by atoms with van der Waals surface area (Å²) in [5, 5.41) is 23.6. The Kier molecular flexibility index (Phi) is 5.84. The lowest BCUT2D eigenvalue weighted by atomic mass is 9.93. The number of nitrogens with zero attached hydrogens (tertiary/aromatic N) is 1. The lowest BCUT2D eigenvalue weighted by molar-refractivity contribution is -0.384. The molecule has 4 aromatic carbocycles. The van der Waals surface area contributed by atoms with Crippen LogP contribution in [0.25, 0.3) is 10.8 Å². The maximum atomic E-state index is 13.2. The Hall–Kier alpha value is -3.46. The minimum absolute atomic E-state index is 0.0740. The van der Waals surface area contributed by atoms with Crippen LogP contribution in [0.5, 0.6) is 5.75 Å². The van der Waals surface area contributed by atoms with Gasteiger partial charge in [-0.3, -0.25) is 10.1 Å². The highest BCUT2D eigenvalue weighted by atomic mass is 35.5. The molecule has 2 N–H and O–H groups in total. The van der Waals surface area contributed by atoms with Crippen LogP contribution in [0, 0.1) is 10.1 Å². The van der Waals surface area contributed by atoms with Crippen LogP contribution in [-0.2, 0) is 10.0 Å². The van der Waals surface area contributed by atoms with Crippen molar-refractivity contribution in [1.29, 1.82) is 0 Å². The maximum absolute atomic E-state index is 13.2. The number of hydrogen-bond donors (Lipinski definition) is 2. The topological polar surface area (TPSA) is 110 Å². The van der Waals surface area contributed by atoms with Gasteiger partial charge < -0.3 is 5.11 Å². The molecule has 4 aromatic rings. The fraction of sp³-hybridized carbons (Fsp3) is 0.0435. The van der Waals surface area contributed by atoms with Crippen molar-refractivity contribution < 1.29 is 18.4 Å². The smallest absolute Gasteiger partial charge is 0.269 e. The van der Waals surface area contributed by atoms with Gasteiger partial charge in [0, 0.05) is 22.7 Å². The van der Waals surface area contributed by atoms with Gasteiger partial charge in [0.1, 0.15) is 5.75 Å². The van der Waals surface area contributed by atoms with Gasteiger partial charge >= 0.3 is 0 Å². The zero-order valence-electron chi connectivity index (χ0n) is 16.5. The van der Waals surface area contributed by atoms with E-state index in [4.69, 9.17) is 11.6 Å². The van der Waals surface area contributed by atoms with Crippen molar-refractivity contribution in [3.8, 4) is 5.75 Å². The van der Waals surface area contributed by atoms with Gasteiger partial charge in [0.2, 0.25) is 10.0 Å². The summed E-state index contributed by atoms with van der Waals surface area (Å²) in [6.45, 7) is 0. The van der Waals surface area contributed by atoms with Gasteiger partial charge in [0.15, 0.2) is 0 Å². The van der Waals surface area contributed by atoms with E-state index in [-0.39, 0.29) is 16.3 Å². The molecule has 7 nitrogen and oxygen atoms in total. The number of phenols is 1. The van der Waals surface area contributed by atoms with Gasteiger partial charge in [-0.25, -0.2) is 8.42 Å². The van der Waals surface area contributed by atoms with Crippen molar-refractivity contribution in [1.82, 2.24) is 4.72 Å². The molecule has 0 aliphatic heterocycles. The van der Waals surface area contributed by atoms with E-state index >= 15 is 0 Å². The summed E-state index contributed by atoms with van der Waals surface area (Å²) in [4.78, 5) is 10.2. The fourth-order valence-corrected chi connectivity index (χ4v) is 4.83. The third-order valence-corrected chi connectivity index (χ3v) is 6.76. The van der Waals surface area contributed by atoms with E-state index in [1.165, 1.54) is 18.2 Å². The summed E-state index contributed by atoms with van der Waals surface area (Å²) >= 11 is 6.01. The van der Waals surface area contributed by atoms with Gasteiger partial charge in [-0.2, -0.15) is 4.72 Å². The molecule has 0 bridgehead atoms. The molecule has 0 unspecified atom stereocenters. The highest BCUT2D eigenvalue weighted by Crippen LogP contribution is 2.37. The predicted molar refractivity (Wildman–Crippen MR) is 122 cm³/mol. The van der Waals surface area contributed by atoms with Crippen molar-refractivity contribution in [2.75, 3.05) is 0 Å². The lowest BCUT2D eigenvalue weighted by Crippen LogP contribution is -2.29. The standard InChI is InChI=1S/C23H17ClN2O5S/c24-17-8-5-16(6-9-17)23(22-20-4-2-1-3-15(20)7-14-21(22)27)25-32(30,31)19-12-10-18(11-13-19)26(28)29/h1-14,23,25,27H/t23-/m1/s1. The molecular formula is C23H17ClN2O5S. The van der Waals surface area contributed by atoms with Crippen molar-refractivity contribution in [3.63, 3.8) is 0 Å². The average molecular weight is 469 g/mol. The third kappa shape index (κ3) is 4.29. The molecular weight excluding hydrogens is 452 g/mol. The first-order valence-corrected chi connectivity index (χ1v) is 11.4. The summed E-state index contributed by atoms with van der Waals surface area (Å²) < 4.78 is 29.0. The number of hydrogen-bond acceptors (Lipinski definition) is 5. The van der Waals surface area contributed by atoms with Crippen LogP contribution in [0.2, 0.25) is 5.02 Å². The first-order chi connectivity index (χ1) is 15.3. The Morgan fingerprint density at radius 3 is 2.22 bits per heavy atom. The summed E-state index contributed by atoms with van der Waals surface area (Å²) in [5.74, 6) is -0.0740. The maximum Gasteiger partial charge on any atom is 0.269 e. The number of benzene rings is 4. The molecule has 32 heavy (non-hydrogen) atoms. The lowest BCUT2D eigenvalue weighted by Gasteiger charge is -2.22. The highest BCUT2D eigenvalue weighted by molar-refractivity contribution is 7.89. The number of non-ortho nitro benzene ring substituents is 1. The van der Waals surface area contributed by atoms with E-state index in [0.29, 0.717) is 21.5 Å². The van der Waals surface area contributed by atoms with Gasteiger partial charge in [0.05, 0.1) is 15.9 Å². The molecule has 0 spiro atoms. The number of sulfonamides is 1. The van der Waals surface area contributed by atoms with Crippen LogP contribution in [0.1, 0.15) is 17.2 Å². The SMILES string of the molecule is O=[N+]([O-])c1ccc(S(=O)(=O)N[C@H](c2ccc(Cl)cc2)c2c(O)ccc3ccccc23)cc1. The summed E-state index contributed by atoms with van der Waals surface area (Å²) in [7, 11) is -4.11. The number of fused-ring (bicyclic) bond motifs is 1. The Morgan fingerprint density at radius 1 is 0.906 bits per heavy atom. The van der Waals surface area contributed by atoms with Gasteiger partial charge in [-0.15, -0.1) is 0 Å². The molecule has 0 aliphatic rings. The molecule has 9 heteroatoms. The number of aromatic hydroxyl groups is 1. The summed E-state index contributed by atoms with van der Waals surface area (Å²) in [5.41, 5.74) is 0.729. The zero-order chi connectivity index (χ0) is 22.9. The monoisotopic (exact) mass is 468 g/mol. The minimum Gasteiger partial charge on any atom is -0.508 e. The second-order valence-corrected chi connectivity index (χ2v) is 9.23. The second kappa shape index (κ2) is 8.58. The number of halogens is 1. The van der Waals surface area contributed by atoms with Crippen LogP contribution < -0.4 is 4.72 Å². The van der Waals surface area contributed by atoms with Gasteiger partial charge in [-0.1, -0.05) is 54.1 Å². The van der Waals surface area contributed by atoms with Crippen molar-refractivity contribution in [2.24, 2.45) is 0 Å². The Labute approximate surface area is 189 Å². The summed E-state index contributed by atoms with van der Waals surface area (Å²) in [6.07, 6.45) is 0. The molecule has 0 saturated heterocycles. The van der Waals surface area contributed by atoms with Crippen LogP contribution in [0.3, 0.4) is 0 Å². The molecule has 0 radical (unpaired) electrons. The number of nitro benzene ring substituents is 1. The highest BCUT2D eigenvalue weighted by Gasteiger charge is 2.27. The quantitative estimate of drug-likeness (QED) is 0.299. The molecule has 0 fully saturated rings. The zero-order valence-corrected chi connectivity index (χ0v) is 18.0. The molecule has 0 heterocycles. The van der Waals surface area contributed by atoms with E-state index in [1.807, 2.05) is 12.1 Å². The summed E-state index contributed by atoms with van der Waals surface area (Å²) in [6, 6.07) is 20.8. The van der Waals surface area contributed by atoms with E-state index in [2.05, 4.69) is 4.72 Å². The molecule has 0 saturated carbocycles. The van der Waals surface area contributed by atoms with Crippen LogP contribution in [0.4, 0.5) is 5.69 Å². The van der Waals surface area contributed by atoms with Crippen molar-refractivity contribution in [3.05, 3.63) is 111 Å². The molecule has 4 rings (SSSR count). The van der Waals surface area contributed by atoms with E-state index in [0.717, 1.165) is 17.5 Å². The van der Waals surface area contributed by atoms with Gasteiger partial charge in [-0.05, 0) is 46.7 Å². The largest absolute Gasteiger partial charge is 0.508 e. The van der Waals surface area contributed by atoms with Crippen LogP contribution in [-0.4, -0.2) is 18.4 Å². The van der Waals surface area contributed by atoms with Crippen LogP contribution >= 0.6 is 11.6 Å². The molecule has 0 aliphatic carbocycles. The molecule has 162 valence electrons. The number of nitro groups is 1. The third-order valence-electron chi connectivity index (χ3n) is 5.07. The number of phenolic OH excluding ortho intramolecular Hbond substituents is 1. The average Bonchev–Trinajstić information content (AvgIpc) is 2.78. The van der Waals surface area contributed by atoms with Gasteiger partial charge in [0.25, 0.3) is 5.69 Å².